The predicted molar refractivity (Wildman–Crippen MR) is 63.5 cm³/mol. The van der Waals surface area contributed by atoms with Gasteiger partial charge in [0, 0.05) is 6.61 Å². The molecular weight excluding hydrogens is 211 g/mol. The number of hydrogen-bond donors (Lipinski definition) is 0. The maximum atomic E-state index is 9.72. The topological polar surface area (TPSA) is 26.3 Å². The molecule has 3 heteroatoms. The number of ether oxygens (including phenoxy) is 1. The Morgan fingerprint density at radius 2 is 1.25 bits per heavy atom. The summed E-state index contributed by atoms with van der Waals surface area (Å²) in [5.74, 6) is 0. The minimum Gasteiger partial charge on any atom is -0.653 e. The van der Waals surface area contributed by atoms with Crippen LogP contribution in [0.2, 0.25) is 0 Å². The van der Waals surface area contributed by atoms with Crippen LogP contribution in [0.3, 0.4) is 0 Å². The van der Waals surface area contributed by atoms with Crippen LogP contribution in [0.25, 0.3) is 0 Å². The molecule has 0 spiro atoms. The van der Waals surface area contributed by atoms with Crippen molar-refractivity contribution in [1.82, 2.24) is 0 Å². The van der Waals surface area contributed by atoms with Crippen molar-refractivity contribution in [3.63, 3.8) is 0 Å². The fourth-order valence-corrected chi connectivity index (χ4v) is 1.70. The molecular formula is C13H25NaO2. The average Bonchev–Trinajstić information content (AvgIpc) is 2.26. The minimum absolute atomic E-state index is 0. The van der Waals surface area contributed by atoms with Gasteiger partial charge in [-0.1, -0.05) is 71.2 Å². The molecule has 0 N–H and O–H groups in total. The summed E-state index contributed by atoms with van der Waals surface area (Å²) < 4.78 is 4.50. The van der Waals surface area contributed by atoms with Crippen LogP contribution >= 0.6 is 0 Å². The molecule has 0 aromatic rings. The summed E-state index contributed by atoms with van der Waals surface area (Å²) in [5.41, 5.74) is 0. The summed E-state index contributed by atoms with van der Waals surface area (Å²) in [6.07, 6.45) is 13.0. The van der Waals surface area contributed by atoms with Gasteiger partial charge in [0.25, 0.3) is 0 Å². The third-order valence-corrected chi connectivity index (χ3v) is 2.66. The van der Waals surface area contributed by atoms with Crippen molar-refractivity contribution in [3.05, 3.63) is 0 Å². The van der Waals surface area contributed by atoms with E-state index in [4.69, 9.17) is 0 Å². The van der Waals surface area contributed by atoms with Crippen molar-refractivity contribution in [2.45, 2.75) is 71.1 Å². The Morgan fingerprint density at radius 3 is 1.69 bits per heavy atom. The molecule has 0 aromatic carbocycles. The Labute approximate surface area is 123 Å². The summed E-state index contributed by atoms with van der Waals surface area (Å²) in [4.78, 5) is 9.72. The summed E-state index contributed by atoms with van der Waals surface area (Å²) in [5, 5.41) is 0. The van der Waals surface area contributed by atoms with E-state index < -0.39 is 0 Å². The van der Waals surface area contributed by atoms with Crippen molar-refractivity contribution in [1.29, 1.82) is 0 Å². The molecule has 0 unspecified atom stereocenters. The van der Waals surface area contributed by atoms with Crippen molar-refractivity contribution >= 4 is 6.47 Å². The molecule has 2 nitrogen and oxygen atoms in total. The number of unbranched alkanes of at least 4 members (excludes halogenated alkanes) is 9. The Kier molecular flexibility index (Phi) is 21.0. The fourth-order valence-electron chi connectivity index (χ4n) is 1.70. The van der Waals surface area contributed by atoms with Crippen LogP contribution in [0, 0.1) is 0 Å². The van der Waals surface area contributed by atoms with E-state index in [1.807, 2.05) is 0 Å². The molecule has 16 heavy (non-hydrogen) atoms. The van der Waals surface area contributed by atoms with Crippen LogP contribution in [0.1, 0.15) is 71.1 Å². The Bertz CT molecular complexity index is 129. The third-order valence-electron chi connectivity index (χ3n) is 2.66. The summed E-state index contributed by atoms with van der Waals surface area (Å²) in [7, 11) is 0. The summed E-state index contributed by atoms with van der Waals surface area (Å²) >= 11 is 0. The van der Waals surface area contributed by atoms with Crippen LogP contribution in [0.15, 0.2) is 0 Å². The second-order valence-electron chi connectivity index (χ2n) is 4.11. The fraction of sp³-hybridized carbons (Fsp3) is 0.923. The molecule has 90 valence electrons. The SMILES string of the molecule is CCCCCCCCCCCCO[C-]=O.[Na+]. The van der Waals surface area contributed by atoms with Gasteiger partial charge in [0.15, 0.2) is 0 Å². The smallest absolute Gasteiger partial charge is 0.653 e. The van der Waals surface area contributed by atoms with E-state index in [0.29, 0.717) is 6.61 Å². The average molecular weight is 236 g/mol. The minimum atomic E-state index is 0. The Morgan fingerprint density at radius 1 is 0.812 bits per heavy atom. The quantitative estimate of drug-likeness (QED) is 0.287. The first-order valence-electron chi connectivity index (χ1n) is 6.40. The zero-order valence-electron chi connectivity index (χ0n) is 11.1. The van der Waals surface area contributed by atoms with Gasteiger partial charge in [0.2, 0.25) is 0 Å². The van der Waals surface area contributed by atoms with Crippen LogP contribution in [0.5, 0.6) is 0 Å². The van der Waals surface area contributed by atoms with Gasteiger partial charge in [-0.3, -0.25) is 0 Å². The third kappa shape index (κ3) is 16.9. The van der Waals surface area contributed by atoms with E-state index in [1.54, 1.807) is 0 Å². The molecule has 0 saturated carbocycles. The standard InChI is InChI=1S/C13H25O2.Na/c1-2-3-4-5-6-7-8-9-10-11-12-15-13-14;/h2-12H2,1H3;/q-1;+1. The van der Waals surface area contributed by atoms with Crippen LogP contribution in [-0.4, -0.2) is 13.1 Å². The van der Waals surface area contributed by atoms with E-state index in [9.17, 15) is 4.79 Å². The van der Waals surface area contributed by atoms with Crippen molar-refractivity contribution in [3.8, 4) is 0 Å². The molecule has 0 heterocycles. The van der Waals surface area contributed by atoms with E-state index in [-0.39, 0.29) is 29.6 Å². The van der Waals surface area contributed by atoms with E-state index in [2.05, 4.69) is 11.7 Å². The molecule has 0 aromatic heterocycles. The van der Waals surface area contributed by atoms with E-state index in [0.717, 1.165) is 6.42 Å². The number of hydrogen-bond acceptors (Lipinski definition) is 2. The molecule has 0 rings (SSSR count). The van der Waals surface area contributed by atoms with Crippen LogP contribution in [0.4, 0.5) is 0 Å². The molecule has 0 radical (unpaired) electrons. The normalized spacial score (nSPS) is 9.56. The predicted octanol–water partition coefficient (Wildman–Crippen LogP) is 0.995. The van der Waals surface area contributed by atoms with Gasteiger partial charge in [-0.15, -0.1) is 0 Å². The van der Waals surface area contributed by atoms with E-state index in [1.165, 1.54) is 64.3 Å². The molecule has 0 saturated heterocycles. The van der Waals surface area contributed by atoms with Gasteiger partial charge < -0.3 is 9.53 Å². The van der Waals surface area contributed by atoms with Gasteiger partial charge in [0.05, 0.1) is 0 Å². The summed E-state index contributed by atoms with van der Waals surface area (Å²) in [6, 6.07) is 0. The van der Waals surface area contributed by atoms with Gasteiger partial charge in [-0.25, -0.2) is 0 Å². The molecule has 0 atom stereocenters. The largest absolute Gasteiger partial charge is 1.00 e. The second kappa shape index (κ2) is 17.9. The van der Waals surface area contributed by atoms with Gasteiger partial charge in [-0.2, -0.15) is 0 Å². The maximum Gasteiger partial charge on any atom is 1.00 e. The molecule has 0 aliphatic carbocycles. The Balaban J connectivity index is 0. The van der Waals surface area contributed by atoms with E-state index >= 15 is 0 Å². The molecule has 0 bridgehead atoms. The number of carbonyl (C=O) groups excluding carboxylic acids is 1. The maximum absolute atomic E-state index is 9.72. The zero-order valence-corrected chi connectivity index (χ0v) is 13.1. The summed E-state index contributed by atoms with van der Waals surface area (Å²) in [6.45, 7) is 4.24. The molecule has 0 amide bonds. The second-order valence-corrected chi connectivity index (χ2v) is 4.11. The first-order chi connectivity index (χ1) is 7.41. The zero-order chi connectivity index (χ0) is 11.2. The first kappa shape index (κ1) is 18.8. The van der Waals surface area contributed by atoms with Gasteiger partial charge in [0.1, 0.15) is 0 Å². The van der Waals surface area contributed by atoms with Crippen LogP contribution in [-0.2, 0) is 9.53 Å². The number of rotatable bonds is 12. The molecule has 0 fully saturated rings. The van der Waals surface area contributed by atoms with Gasteiger partial charge >= 0.3 is 29.6 Å². The van der Waals surface area contributed by atoms with Crippen molar-refractivity contribution in [2.75, 3.05) is 6.61 Å². The monoisotopic (exact) mass is 236 g/mol. The molecule has 0 aliphatic heterocycles. The van der Waals surface area contributed by atoms with Crippen LogP contribution < -0.4 is 29.6 Å². The Hall–Kier alpha value is 0.470. The molecule has 0 aliphatic rings. The van der Waals surface area contributed by atoms with Crippen molar-refractivity contribution < 1.29 is 39.1 Å². The first-order valence-corrected chi connectivity index (χ1v) is 6.40. The van der Waals surface area contributed by atoms with Gasteiger partial charge in [-0.05, 0) is 6.42 Å². The van der Waals surface area contributed by atoms with Crippen molar-refractivity contribution in [2.24, 2.45) is 0 Å².